The number of likely N-dealkylation sites (tertiary alicyclic amines) is 1. The van der Waals surface area contributed by atoms with E-state index in [9.17, 15) is 4.79 Å². The van der Waals surface area contributed by atoms with Crippen molar-refractivity contribution in [2.24, 2.45) is 4.99 Å². The van der Waals surface area contributed by atoms with Gasteiger partial charge in [0.15, 0.2) is 5.96 Å². The van der Waals surface area contributed by atoms with E-state index in [-0.39, 0.29) is 5.91 Å². The molecule has 1 fully saturated rings. The maximum absolute atomic E-state index is 11.6. The monoisotopic (exact) mass is 302 g/mol. The van der Waals surface area contributed by atoms with E-state index in [1.54, 1.807) is 7.05 Å². The molecule has 1 aliphatic rings. The summed E-state index contributed by atoms with van der Waals surface area (Å²) in [4.78, 5) is 17.8. The van der Waals surface area contributed by atoms with Crippen LogP contribution in [-0.2, 0) is 17.9 Å². The molecule has 120 valence electrons. The van der Waals surface area contributed by atoms with Gasteiger partial charge in [0.25, 0.3) is 0 Å². The van der Waals surface area contributed by atoms with Crippen LogP contribution in [0.2, 0.25) is 0 Å². The Kier molecular flexibility index (Phi) is 5.81. The van der Waals surface area contributed by atoms with E-state index in [1.165, 1.54) is 11.1 Å². The molecule has 0 saturated carbocycles. The summed E-state index contributed by atoms with van der Waals surface area (Å²) in [5, 5.41) is 6.55. The largest absolute Gasteiger partial charge is 0.354 e. The number of aliphatic imine (C=N–C) groups is 1. The SMILES string of the molecule is CN=C(NCc1ccc(CN2CCCC2=O)cc1)NC(C)C. The van der Waals surface area contributed by atoms with Crippen molar-refractivity contribution in [3.8, 4) is 0 Å². The van der Waals surface area contributed by atoms with Gasteiger partial charge in [0.1, 0.15) is 0 Å². The Labute approximate surface area is 132 Å². The van der Waals surface area contributed by atoms with Gasteiger partial charge in [-0.05, 0) is 31.4 Å². The number of nitrogens with zero attached hydrogens (tertiary/aromatic N) is 2. The lowest BCUT2D eigenvalue weighted by Gasteiger charge is -2.16. The van der Waals surface area contributed by atoms with Gasteiger partial charge in [0.2, 0.25) is 5.91 Å². The van der Waals surface area contributed by atoms with Crippen molar-refractivity contribution < 1.29 is 4.79 Å². The van der Waals surface area contributed by atoms with Crippen molar-refractivity contribution in [2.45, 2.75) is 45.8 Å². The van der Waals surface area contributed by atoms with E-state index in [2.05, 4.69) is 53.7 Å². The highest BCUT2D eigenvalue weighted by atomic mass is 16.2. The molecule has 2 N–H and O–H groups in total. The molecule has 5 nitrogen and oxygen atoms in total. The first-order valence-corrected chi connectivity index (χ1v) is 7.91. The molecule has 0 aliphatic carbocycles. The zero-order chi connectivity index (χ0) is 15.9. The van der Waals surface area contributed by atoms with Gasteiger partial charge in [0, 0.05) is 39.1 Å². The molecule has 1 amide bonds. The number of hydrogen-bond donors (Lipinski definition) is 2. The van der Waals surface area contributed by atoms with Gasteiger partial charge in [-0.25, -0.2) is 0 Å². The first kappa shape index (κ1) is 16.3. The highest BCUT2D eigenvalue weighted by Gasteiger charge is 2.19. The third-order valence-corrected chi connectivity index (χ3v) is 3.68. The molecule has 0 spiro atoms. The molecule has 1 aliphatic heterocycles. The number of guanidine groups is 1. The van der Waals surface area contributed by atoms with Gasteiger partial charge in [-0.15, -0.1) is 0 Å². The minimum atomic E-state index is 0.273. The summed E-state index contributed by atoms with van der Waals surface area (Å²) in [5.41, 5.74) is 2.38. The Hall–Kier alpha value is -2.04. The van der Waals surface area contributed by atoms with E-state index in [1.807, 2.05) is 4.90 Å². The van der Waals surface area contributed by atoms with Gasteiger partial charge < -0.3 is 15.5 Å². The fraction of sp³-hybridized carbons (Fsp3) is 0.529. The Morgan fingerprint density at radius 2 is 1.95 bits per heavy atom. The summed E-state index contributed by atoms with van der Waals surface area (Å²) >= 11 is 0. The van der Waals surface area contributed by atoms with Crippen LogP contribution in [0.4, 0.5) is 0 Å². The number of amides is 1. The van der Waals surface area contributed by atoms with Gasteiger partial charge in [-0.3, -0.25) is 9.79 Å². The fourth-order valence-corrected chi connectivity index (χ4v) is 2.51. The Bertz CT molecular complexity index is 522. The molecule has 1 heterocycles. The van der Waals surface area contributed by atoms with Crippen molar-refractivity contribution >= 4 is 11.9 Å². The van der Waals surface area contributed by atoms with E-state index in [0.29, 0.717) is 12.5 Å². The van der Waals surface area contributed by atoms with Crippen molar-refractivity contribution in [3.05, 3.63) is 35.4 Å². The third kappa shape index (κ3) is 4.76. The van der Waals surface area contributed by atoms with Gasteiger partial charge in [-0.2, -0.15) is 0 Å². The molecule has 1 aromatic rings. The zero-order valence-corrected chi connectivity index (χ0v) is 13.7. The maximum atomic E-state index is 11.6. The average molecular weight is 302 g/mol. The van der Waals surface area contributed by atoms with Crippen LogP contribution in [0.5, 0.6) is 0 Å². The second kappa shape index (κ2) is 7.82. The van der Waals surface area contributed by atoms with Crippen LogP contribution in [0, 0.1) is 0 Å². The van der Waals surface area contributed by atoms with Crippen LogP contribution < -0.4 is 10.6 Å². The summed E-state index contributed by atoms with van der Waals surface area (Å²) in [6.45, 7) is 6.51. The summed E-state index contributed by atoms with van der Waals surface area (Å²) in [6, 6.07) is 8.76. The highest BCUT2D eigenvalue weighted by molar-refractivity contribution is 5.79. The first-order valence-electron chi connectivity index (χ1n) is 7.91. The van der Waals surface area contributed by atoms with Crippen LogP contribution in [-0.4, -0.2) is 36.4 Å². The predicted molar refractivity (Wildman–Crippen MR) is 89.6 cm³/mol. The average Bonchev–Trinajstić information content (AvgIpc) is 2.90. The number of rotatable bonds is 5. The smallest absolute Gasteiger partial charge is 0.222 e. The van der Waals surface area contributed by atoms with Crippen LogP contribution in [0.1, 0.15) is 37.8 Å². The minimum absolute atomic E-state index is 0.273. The molecule has 1 aromatic carbocycles. The summed E-state index contributed by atoms with van der Waals surface area (Å²) < 4.78 is 0. The van der Waals surface area contributed by atoms with Crippen molar-refractivity contribution in [2.75, 3.05) is 13.6 Å². The number of carbonyl (C=O) groups is 1. The Morgan fingerprint density at radius 1 is 1.27 bits per heavy atom. The number of benzene rings is 1. The number of carbonyl (C=O) groups excluding carboxylic acids is 1. The van der Waals surface area contributed by atoms with Gasteiger partial charge in [-0.1, -0.05) is 24.3 Å². The van der Waals surface area contributed by atoms with Crippen molar-refractivity contribution in [1.29, 1.82) is 0 Å². The van der Waals surface area contributed by atoms with Crippen molar-refractivity contribution in [1.82, 2.24) is 15.5 Å². The van der Waals surface area contributed by atoms with E-state index >= 15 is 0 Å². The van der Waals surface area contributed by atoms with Gasteiger partial charge in [0.05, 0.1) is 0 Å². The predicted octanol–water partition coefficient (Wildman–Crippen LogP) is 1.88. The maximum Gasteiger partial charge on any atom is 0.222 e. The third-order valence-electron chi connectivity index (χ3n) is 3.68. The summed E-state index contributed by atoms with van der Waals surface area (Å²) in [7, 11) is 1.77. The van der Waals surface area contributed by atoms with Crippen LogP contribution >= 0.6 is 0 Å². The highest BCUT2D eigenvalue weighted by Crippen LogP contribution is 2.14. The molecule has 0 unspecified atom stereocenters. The van der Waals surface area contributed by atoms with Crippen LogP contribution in [0.25, 0.3) is 0 Å². The van der Waals surface area contributed by atoms with Crippen molar-refractivity contribution in [3.63, 3.8) is 0 Å². The molecule has 22 heavy (non-hydrogen) atoms. The summed E-state index contributed by atoms with van der Waals surface area (Å²) in [5.74, 6) is 1.08. The lowest BCUT2D eigenvalue weighted by Crippen LogP contribution is -2.40. The molecule has 0 radical (unpaired) electrons. The lowest BCUT2D eigenvalue weighted by molar-refractivity contribution is -0.128. The number of nitrogens with one attached hydrogen (secondary N) is 2. The van der Waals surface area contributed by atoms with E-state index in [0.717, 1.165) is 32.0 Å². The zero-order valence-electron chi connectivity index (χ0n) is 13.7. The minimum Gasteiger partial charge on any atom is -0.354 e. The Morgan fingerprint density at radius 3 is 2.50 bits per heavy atom. The standard InChI is InChI=1S/C17H26N4O/c1-13(2)20-17(18-3)19-11-14-6-8-15(9-7-14)12-21-10-4-5-16(21)22/h6-9,13H,4-5,10-12H2,1-3H3,(H2,18,19,20). The topological polar surface area (TPSA) is 56.7 Å². The normalized spacial score (nSPS) is 15.5. The lowest BCUT2D eigenvalue weighted by atomic mass is 10.1. The summed E-state index contributed by atoms with van der Waals surface area (Å²) in [6.07, 6.45) is 1.69. The Balaban J connectivity index is 1.85. The van der Waals surface area contributed by atoms with Gasteiger partial charge >= 0.3 is 0 Å². The molecular weight excluding hydrogens is 276 g/mol. The quantitative estimate of drug-likeness (QED) is 0.645. The molecule has 2 rings (SSSR count). The molecule has 0 bridgehead atoms. The fourth-order valence-electron chi connectivity index (χ4n) is 2.51. The van der Waals surface area contributed by atoms with Crippen LogP contribution in [0.3, 0.4) is 0 Å². The van der Waals surface area contributed by atoms with Crippen LogP contribution in [0.15, 0.2) is 29.3 Å². The molecule has 5 heteroatoms. The van der Waals surface area contributed by atoms with E-state index in [4.69, 9.17) is 0 Å². The molecule has 0 atom stereocenters. The second-order valence-electron chi connectivity index (χ2n) is 5.96. The number of hydrogen-bond acceptors (Lipinski definition) is 2. The van der Waals surface area contributed by atoms with E-state index < -0.39 is 0 Å². The first-order chi connectivity index (χ1) is 10.6. The molecular formula is C17H26N4O. The molecule has 1 saturated heterocycles. The molecule has 0 aromatic heterocycles. The second-order valence-corrected chi connectivity index (χ2v) is 5.96.